The van der Waals surface area contributed by atoms with Crippen LogP contribution in [0.15, 0.2) is 16.8 Å². The number of rotatable bonds is 4. The van der Waals surface area contributed by atoms with Crippen molar-refractivity contribution in [1.82, 2.24) is 5.32 Å². The van der Waals surface area contributed by atoms with Gasteiger partial charge in [-0.25, -0.2) is 0 Å². The van der Waals surface area contributed by atoms with E-state index in [2.05, 4.69) is 22.1 Å². The molecule has 1 aliphatic heterocycles. The number of aliphatic hydroxyl groups excluding tert-OH is 1. The van der Waals surface area contributed by atoms with Crippen LogP contribution in [0.1, 0.15) is 31.2 Å². The second kappa shape index (κ2) is 5.64. The number of thiophene rings is 1. The summed E-state index contributed by atoms with van der Waals surface area (Å²) in [6, 6.07) is 2.48. The Balaban J connectivity index is 1.74. The number of piperidine rings is 1. The first-order valence-electron chi connectivity index (χ1n) is 5.79. The predicted molar refractivity (Wildman–Crippen MR) is 64.3 cm³/mol. The predicted octanol–water partition coefficient (Wildman–Crippen LogP) is 2.18. The fraction of sp³-hybridized carbons (Fsp3) is 0.667. The van der Waals surface area contributed by atoms with Crippen LogP contribution in [-0.2, 0) is 6.42 Å². The third-order valence-corrected chi connectivity index (χ3v) is 3.85. The van der Waals surface area contributed by atoms with Crippen molar-refractivity contribution in [3.63, 3.8) is 0 Å². The highest BCUT2D eigenvalue weighted by Gasteiger charge is 2.20. The first-order valence-corrected chi connectivity index (χ1v) is 6.73. The average Bonchev–Trinajstić information content (AvgIpc) is 2.80. The summed E-state index contributed by atoms with van der Waals surface area (Å²) in [5.74, 6) is 0. The first kappa shape index (κ1) is 11.1. The Hall–Kier alpha value is -0.380. The van der Waals surface area contributed by atoms with E-state index in [1.54, 1.807) is 11.3 Å². The van der Waals surface area contributed by atoms with Gasteiger partial charge in [0, 0.05) is 6.04 Å². The van der Waals surface area contributed by atoms with Crippen LogP contribution in [0.5, 0.6) is 0 Å². The molecule has 2 rings (SSSR count). The molecule has 1 aliphatic rings. The van der Waals surface area contributed by atoms with E-state index in [1.165, 1.54) is 18.4 Å². The van der Waals surface area contributed by atoms with Crippen LogP contribution >= 0.6 is 11.3 Å². The molecular weight excluding hydrogens is 206 g/mol. The summed E-state index contributed by atoms with van der Waals surface area (Å²) >= 11 is 1.73. The lowest BCUT2D eigenvalue weighted by atomic mass is 9.96. The number of aliphatic hydroxyl groups is 1. The summed E-state index contributed by atoms with van der Waals surface area (Å²) in [5.41, 5.74) is 1.36. The van der Waals surface area contributed by atoms with E-state index in [-0.39, 0.29) is 6.10 Å². The van der Waals surface area contributed by atoms with Gasteiger partial charge in [-0.2, -0.15) is 11.3 Å². The molecule has 0 bridgehead atoms. The van der Waals surface area contributed by atoms with Crippen molar-refractivity contribution < 1.29 is 5.11 Å². The molecule has 0 saturated carbocycles. The molecule has 1 aromatic heterocycles. The van der Waals surface area contributed by atoms with Gasteiger partial charge in [-0.3, -0.25) is 0 Å². The molecule has 1 fully saturated rings. The molecule has 84 valence electrons. The Morgan fingerprint density at radius 1 is 1.53 bits per heavy atom. The van der Waals surface area contributed by atoms with Gasteiger partial charge in [-0.15, -0.1) is 0 Å². The van der Waals surface area contributed by atoms with Gasteiger partial charge < -0.3 is 10.4 Å². The number of nitrogens with one attached hydrogen (secondary N) is 1. The van der Waals surface area contributed by atoms with Crippen LogP contribution in [0.25, 0.3) is 0 Å². The summed E-state index contributed by atoms with van der Waals surface area (Å²) in [6.07, 6.45) is 5.35. The first-order chi connectivity index (χ1) is 7.36. The van der Waals surface area contributed by atoms with E-state index in [9.17, 15) is 5.11 Å². The normalized spacial score (nSPS) is 23.9. The summed E-state index contributed by atoms with van der Waals surface area (Å²) in [7, 11) is 0. The summed E-state index contributed by atoms with van der Waals surface area (Å²) in [4.78, 5) is 0. The van der Waals surface area contributed by atoms with E-state index in [0.717, 1.165) is 25.8 Å². The molecule has 1 saturated heterocycles. The second-order valence-electron chi connectivity index (χ2n) is 4.29. The van der Waals surface area contributed by atoms with Crippen molar-refractivity contribution >= 4 is 11.3 Å². The molecule has 2 atom stereocenters. The third kappa shape index (κ3) is 3.30. The van der Waals surface area contributed by atoms with Crippen LogP contribution in [0.2, 0.25) is 0 Å². The van der Waals surface area contributed by atoms with Crippen LogP contribution in [-0.4, -0.2) is 23.8 Å². The molecule has 15 heavy (non-hydrogen) atoms. The molecule has 2 nitrogen and oxygen atoms in total. The number of aryl methyl sites for hydroxylation is 1. The van der Waals surface area contributed by atoms with Crippen LogP contribution in [0, 0.1) is 0 Å². The minimum atomic E-state index is -0.176. The lowest BCUT2D eigenvalue weighted by molar-refractivity contribution is 0.105. The van der Waals surface area contributed by atoms with Crippen LogP contribution in [0.3, 0.4) is 0 Å². The Morgan fingerprint density at radius 3 is 3.13 bits per heavy atom. The highest BCUT2D eigenvalue weighted by atomic mass is 32.1. The highest BCUT2D eigenvalue weighted by Crippen LogP contribution is 2.15. The quantitative estimate of drug-likeness (QED) is 0.823. The molecule has 0 spiro atoms. The minimum Gasteiger partial charge on any atom is -0.391 e. The van der Waals surface area contributed by atoms with Gasteiger partial charge in [0.2, 0.25) is 0 Å². The standard InChI is InChI=1S/C12H19NOS/c14-12(11-3-1-2-7-13-11)5-4-10-6-8-15-9-10/h6,8-9,11-14H,1-5,7H2. The van der Waals surface area contributed by atoms with Gasteiger partial charge in [0.25, 0.3) is 0 Å². The van der Waals surface area contributed by atoms with Gasteiger partial charge in [-0.05, 0) is 54.6 Å². The highest BCUT2D eigenvalue weighted by molar-refractivity contribution is 7.07. The Bertz CT molecular complexity index is 267. The summed E-state index contributed by atoms with van der Waals surface area (Å²) in [6.45, 7) is 1.07. The van der Waals surface area contributed by atoms with Crippen molar-refractivity contribution in [2.75, 3.05) is 6.54 Å². The van der Waals surface area contributed by atoms with Crippen LogP contribution in [0.4, 0.5) is 0 Å². The van der Waals surface area contributed by atoms with Crippen molar-refractivity contribution in [2.24, 2.45) is 0 Å². The molecule has 2 N–H and O–H groups in total. The van der Waals surface area contributed by atoms with E-state index in [4.69, 9.17) is 0 Å². The minimum absolute atomic E-state index is 0.176. The average molecular weight is 225 g/mol. The van der Waals surface area contributed by atoms with E-state index >= 15 is 0 Å². The van der Waals surface area contributed by atoms with Crippen molar-refractivity contribution in [3.8, 4) is 0 Å². The van der Waals surface area contributed by atoms with Gasteiger partial charge in [-0.1, -0.05) is 6.42 Å². The Kier molecular flexibility index (Phi) is 4.18. The second-order valence-corrected chi connectivity index (χ2v) is 5.07. The number of hydrogen-bond acceptors (Lipinski definition) is 3. The fourth-order valence-corrected chi connectivity index (χ4v) is 2.86. The Labute approximate surface area is 95.3 Å². The van der Waals surface area contributed by atoms with Crippen molar-refractivity contribution in [2.45, 2.75) is 44.2 Å². The molecule has 2 unspecified atom stereocenters. The maximum absolute atomic E-state index is 10.0. The van der Waals surface area contributed by atoms with Crippen molar-refractivity contribution in [3.05, 3.63) is 22.4 Å². The van der Waals surface area contributed by atoms with E-state index in [1.807, 2.05) is 0 Å². The Morgan fingerprint density at radius 2 is 2.47 bits per heavy atom. The molecular formula is C12H19NOS. The molecule has 0 aromatic carbocycles. The SMILES string of the molecule is OC(CCc1ccsc1)C1CCCCN1. The molecule has 1 aromatic rings. The monoisotopic (exact) mass is 225 g/mol. The molecule has 0 radical (unpaired) electrons. The van der Waals surface area contributed by atoms with E-state index in [0.29, 0.717) is 6.04 Å². The lowest BCUT2D eigenvalue weighted by Gasteiger charge is -2.27. The molecule has 3 heteroatoms. The van der Waals surface area contributed by atoms with Gasteiger partial charge in [0.05, 0.1) is 6.10 Å². The number of hydrogen-bond donors (Lipinski definition) is 2. The molecule has 0 amide bonds. The summed E-state index contributed by atoms with van der Waals surface area (Å²) in [5, 5.41) is 17.7. The van der Waals surface area contributed by atoms with Gasteiger partial charge in [0.15, 0.2) is 0 Å². The third-order valence-electron chi connectivity index (χ3n) is 3.12. The van der Waals surface area contributed by atoms with Crippen molar-refractivity contribution in [1.29, 1.82) is 0 Å². The molecule has 2 heterocycles. The summed E-state index contributed by atoms with van der Waals surface area (Å²) < 4.78 is 0. The van der Waals surface area contributed by atoms with E-state index < -0.39 is 0 Å². The van der Waals surface area contributed by atoms with Crippen LogP contribution < -0.4 is 5.32 Å². The molecule has 0 aliphatic carbocycles. The zero-order valence-electron chi connectivity index (χ0n) is 8.98. The lowest BCUT2D eigenvalue weighted by Crippen LogP contribution is -2.43. The largest absolute Gasteiger partial charge is 0.391 e. The topological polar surface area (TPSA) is 32.3 Å². The maximum Gasteiger partial charge on any atom is 0.0696 e. The zero-order valence-corrected chi connectivity index (χ0v) is 9.80. The maximum atomic E-state index is 10.0. The van der Waals surface area contributed by atoms with Gasteiger partial charge >= 0.3 is 0 Å². The zero-order chi connectivity index (χ0) is 10.5. The smallest absolute Gasteiger partial charge is 0.0696 e. The van der Waals surface area contributed by atoms with Gasteiger partial charge in [0.1, 0.15) is 0 Å². The fourth-order valence-electron chi connectivity index (χ4n) is 2.16.